The fraction of sp³-hybridized carbons (Fsp3) is 0.133. The maximum atomic E-state index is 12.2. The van der Waals surface area contributed by atoms with Crippen molar-refractivity contribution in [2.75, 3.05) is 11.9 Å². The maximum Gasteiger partial charge on any atom is 0.266 e. The number of nitrogens with zero attached hydrogens (tertiary/aromatic N) is 1. The van der Waals surface area contributed by atoms with Gasteiger partial charge in [0.1, 0.15) is 4.32 Å². The zero-order valence-electron chi connectivity index (χ0n) is 11.5. The molecule has 0 atom stereocenters. The highest BCUT2D eigenvalue weighted by Gasteiger charge is 2.30. The van der Waals surface area contributed by atoms with Gasteiger partial charge in [0.05, 0.1) is 4.91 Å². The third-order valence-corrected chi connectivity index (χ3v) is 4.09. The predicted molar refractivity (Wildman–Crippen MR) is 90.8 cm³/mol. The molecule has 1 aromatic carbocycles. The highest BCUT2D eigenvalue weighted by molar-refractivity contribution is 8.26. The number of amides is 2. The maximum absolute atomic E-state index is 12.2. The summed E-state index contributed by atoms with van der Waals surface area (Å²) in [5.41, 5.74) is 1.60. The standard InChI is InChI=1S/C15H14N2O2S2/c1-3-8-17-14(19)13(21-15(17)20)9-11-4-6-12(7-5-11)16-10(2)18/h3-7,9H,1,8H2,2H3,(H,16,18). The van der Waals surface area contributed by atoms with Crippen LogP contribution in [0.25, 0.3) is 6.08 Å². The minimum Gasteiger partial charge on any atom is -0.326 e. The van der Waals surface area contributed by atoms with E-state index in [2.05, 4.69) is 11.9 Å². The Labute approximate surface area is 132 Å². The lowest BCUT2D eigenvalue weighted by atomic mass is 10.2. The Bertz CT molecular complexity index is 636. The van der Waals surface area contributed by atoms with Crippen LogP contribution in [0.3, 0.4) is 0 Å². The largest absolute Gasteiger partial charge is 0.326 e. The van der Waals surface area contributed by atoms with Crippen LogP contribution in [-0.2, 0) is 9.59 Å². The molecular weight excluding hydrogens is 304 g/mol. The molecule has 1 aliphatic rings. The summed E-state index contributed by atoms with van der Waals surface area (Å²) in [5, 5.41) is 2.69. The topological polar surface area (TPSA) is 49.4 Å². The molecular formula is C15H14N2O2S2. The Morgan fingerprint density at radius 3 is 2.67 bits per heavy atom. The number of benzene rings is 1. The van der Waals surface area contributed by atoms with Gasteiger partial charge in [-0.25, -0.2) is 0 Å². The van der Waals surface area contributed by atoms with Crippen LogP contribution in [-0.4, -0.2) is 27.6 Å². The van der Waals surface area contributed by atoms with Crippen LogP contribution in [0.2, 0.25) is 0 Å². The van der Waals surface area contributed by atoms with Gasteiger partial charge in [-0.3, -0.25) is 14.5 Å². The monoisotopic (exact) mass is 318 g/mol. The van der Waals surface area contributed by atoms with Crippen molar-refractivity contribution in [3.05, 3.63) is 47.4 Å². The summed E-state index contributed by atoms with van der Waals surface area (Å²) >= 11 is 6.46. The van der Waals surface area contributed by atoms with E-state index in [1.54, 1.807) is 24.3 Å². The van der Waals surface area contributed by atoms with E-state index in [9.17, 15) is 9.59 Å². The van der Waals surface area contributed by atoms with E-state index in [4.69, 9.17) is 12.2 Å². The average molecular weight is 318 g/mol. The van der Waals surface area contributed by atoms with Crippen LogP contribution in [0.5, 0.6) is 0 Å². The second kappa shape index (κ2) is 6.69. The Morgan fingerprint density at radius 1 is 1.43 bits per heavy atom. The molecule has 0 saturated carbocycles. The summed E-state index contributed by atoms with van der Waals surface area (Å²) in [6.07, 6.45) is 3.44. The van der Waals surface area contributed by atoms with Gasteiger partial charge in [0.25, 0.3) is 5.91 Å². The fourth-order valence-corrected chi connectivity index (χ4v) is 3.08. The molecule has 1 saturated heterocycles. The van der Waals surface area contributed by atoms with Gasteiger partial charge < -0.3 is 5.32 Å². The Hall–Kier alpha value is -1.92. The van der Waals surface area contributed by atoms with Crippen molar-refractivity contribution in [1.29, 1.82) is 0 Å². The highest BCUT2D eigenvalue weighted by Crippen LogP contribution is 2.32. The zero-order chi connectivity index (χ0) is 15.4. The summed E-state index contributed by atoms with van der Waals surface area (Å²) < 4.78 is 0.543. The van der Waals surface area contributed by atoms with E-state index in [1.807, 2.05) is 12.1 Å². The third kappa shape index (κ3) is 3.80. The van der Waals surface area contributed by atoms with Gasteiger partial charge >= 0.3 is 0 Å². The normalized spacial score (nSPS) is 16.4. The molecule has 0 radical (unpaired) electrons. The molecule has 1 fully saturated rings. The number of thiocarbonyl (C=S) groups is 1. The molecule has 0 bridgehead atoms. The summed E-state index contributed by atoms with van der Waals surface area (Å²) in [6.45, 7) is 5.50. The van der Waals surface area contributed by atoms with E-state index < -0.39 is 0 Å². The van der Waals surface area contributed by atoms with Gasteiger partial charge in [0, 0.05) is 19.2 Å². The predicted octanol–water partition coefficient (Wildman–Crippen LogP) is 3.03. The molecule has 0 unspecified atom stereocenters. The molecule has 2 rings (SSSR count). The first kappa shape index (κ1) is 15.5. The molecule has 2 amide bonds. The average Bonchev–Trinajstić information content (AvgIpc) is 2.69. The second-order valence-corrected chi connectivity index (χ2v) is 6.06. The minimum atomic E-state index is -0.118. The van der Waals surface area contributed by atoms with Crippen LogP contribution >= 0.6 is 24.0 Å². The van der Waals surface area contributed by atoms with Crippen molar-refractivity contribution < 1.29 is 9.59 Å². The number of nitrogens with one attached hydrogen (secondary N) is 1. The van der Waals surface area contributed by atoms with E-state index >= 15 is 0 Å². The molecule has 1 N–H and O–H groups in total. The van der Waals surface area contributed by atoms with Crippen molar-refractivity contribution >= 4 is 51.9 Å². The van der Waals surface area contributed by atoms with Crippen molar-refractivity contribution in [3.8, 4) is 0 Å². The molecule has 1 aliphatic heterocycles. The number of hydrogen-bond acceptors (Lipinski definition) is 4. The first-order valence-corrected chi connectivity index (χ1v) is 7.47. The smallest absolute Gasteiger partial charge is 0.266 e. The van der Waals surface area contributed by atoms with E-state index in [0.29, 0.717) is 15.8 Å². The van der Waals surface area contributed by atoms with E-state index in [-0.39, 0.29) is 11.8 Å². The lowest BCUT2D eigenvalue weighted by Crippen LogP contribution is -2.27. The summed E-state index contributed by atoms with van der Waals surface area (Å²) in [4.78, 5) is 25.2. The van der Waals surface area contributed by atoms with Crippen LogP contribution in [0.15, 0.2) is 41.8 Å². The van der Waals surface area contributed by atoms with Gasteiger partial charge in [0.15, 0.2) is 0 Å². The van der Waals surface area contributed by atoms with Crippen LogP contribution in [0.1, 0.15) is 12.5 Å². The zero-order valence-corrected chi connectivity index (χ0v) is 13.1. The van der Waals surface area contributed by atoms with Gasteiger partial charge in [0.2, 0.25) is 5.91 Å². The molecule has 108 valence electrons. The molecule has 0 spiro atoms. The number of thioether (sulfide) groups is 1. The number of anilines is 1. The molecule has 0 aromatic heterocycles. The first-order valence-electron chi connectivity index (χ1n) is 6.25. The Kier molecular flexibility index (Phi) is 4.93. The third-order valence-electron chi connectivity index (χ3n) is 2.71. The van der Waals surface area contributed by atoms with Gasteiger partial charge in [-0.05, 0) is 23.8 Å². The molecule has 6 heteroatoms. The minimum absolute atomic E-state index is 0.101. The quantitative estimate of drug-likeness (QED) is 0.527. The van der Waals surface area contributed by atoms with Gasteiger partial charge in [-0.2, -0.15) is 0 Å². The summed E-state index contributed by atoms with van der Waals surface area (Å²) in [6, 6.07) is 7.26. The van der Waals surface area contributed by atoms with Gasteiger partial charge in [-0.1, -0.05) is 42.2 Å². The molecule has 1 aromatic rings. The lowest BCUT2D eigenvalue weighted by Gasteiger charge is -2.10. The summed E-state index contributed by atoms with van der Waals surface area (Å²) in [7, 11) is 0. The van der Waals surface area contributed by atoms with E-state index in [0.717, 1.165) is 11.3 Å². The Balaban J connectivity index is 2.16. The number of hydrogen-bond donors (Lipinski definition) is 1. The molecule has 21 heavy (non-hydrogen) atoms. The fourth-order valence-electron chi connectivity index (χ4n) is 1.80. The van der Waals surface area contributed by atoms with Crippen molar-refractivity contribution in [2.45, 2.75) is 6.92 Å². The molecule has 1 heterocycles. The van der Waals surface area contributed by atoms with Crippen molar-refractivity contribution in [1.82, 2.24) is 4.90 Å². The summed E-state index contributed by atoms with van der Waals surface area (Å²) in [5.74, 6) is -0.219. The van der Waals surface area contributed by atoms with Gasteiger partial charge in [-0.15, -0.1) is 6.58 Å². The lowest BCUT2D eigenvalue weighted by molar-refractivity contribution is -0.121. The highest BCUT2D eigenvalue weighted by atomic mass is 32.2. The van der Waals surface area contributed by atoms with Crippen LogP contribution < -0.4 is 5.32 Å². The first-order chi connectivity index (χ1) is 10.0. The Morgan fingerprint density at radius 2 is 2.10 bits per heavy atom. The SMILES string of the molecule is C=CCN1C(=O)C(=Cc2ccc(NC(C)=O)cc2)SC1=S. The molecule has 4 nitrogen and oxygen atoms in total. The van der Waals surface area contributed by atoms with Crippen LogP contribution in [0, 0.1) is 0 Å². The number of carbonyl (C=O) groups excluding carboxylic acids is 2. The number of carbonyl (C=O) groups is 2. The van der Waals surface area contributed by atoms with Crippen molar-refractivity contribution in [2.24, 2.45) is 0 Å². The molecule has 0 aliphatic carbocycles. The van der Waals surface area contributed by atoms with E-state index in [1.165, 1.54) is 23.6 Å². The van der Waals surface area contributed by atoms with Crippen molar-refractivity contribution in [3.63, 3.8) is 0 Å². The number of rotatable bonds is 4. The van der Waals surface area contributed by atoms with Crippen LogP contribution in [0.4, 0.5) is 5.69 Å². The second-order valence-electron chi connectivity index (χ2n) is 4.38.